The van der Waals surface area contributed by atoms with E-state index in [1.165, 1.54) is 24.3 Å². The molecule has 0 saturated carbocycles. The van der Waals surface area contributed by atoms with Gasteiger partial charge in [-0.2, -0.15) is 0 Å². The molecular weight excluding hydrogens is 421 g/mol. The molecule has 3 aromatic carbocycles. The quantitative estimate of drug-likeness (QED) is 0.539. The highest BCUT2D eigenvalue weighted by Crippen LogP contribution is 2.22. The van der Waals surface area contributed by atoms with E-state index in [4.69, 9.17) is 4.74 Å². The monoisotopic (exact) mass is 447 g/mol. The number of nitrogens with zero attached hydrogens (tertiary/aromatic N) is 1. The standard InChI is InChI=1S/C26H26FN3O3/c27-21-8-10-22(11-9-21)29-26(32)30-16-14-19(15-17-30)18-28-25(31)20-6-12-24(13-7-20)33-23-4-2-1-3-5-23/h1-13,19H,14-18H2,(H,28,31)(H,29,32). The second-order valence-electron chi connectivity index (χ2n) is 8.02. The third-order valence-electron chi connectivity index (χ3n) is 5.64. The summed E-state index contributed by atoms with van der Waals surface area (Å²) < 4.78 is 18.8. The van der Waals surface area contributed by atoms with Crippen LogP contribution in [0.15, 0.2) is 78.9 Å². The van der Waals surface area contributed by atoms with Crippen LogP contribution < -0.4 is 15.4 Å². The Morgan fingerprint density at radius 3 is 2.18 bits per heavy atom. The number of piperidine rings is 1. The molecule has 0 spiro atoms. The number of halogens is 1. The predicted octanol–water partition coefficient (Wildman–Crippen LogP) is 5.29. The van der Waals surface area contributed by atoms with Crippen LogP contribution in [-0.2, 0) is 0 Å². The van der Waals surface area contributed by atoms with Gasteiger partial charge in [0.15, 0.2) is 0 Å². The summed E-state index contributed by atoms with van der Waals surface area (Å²) in [7, 11) is 0. The van der Waals surface area contributed by atoms with Crippen LogP contribution in [0.5, 0.6) is 11.5 Å². The van der Waals surface area contributed by atoms with E-state index in [1.807, 2.05) is 30.3 Å². The van der Waals surface area contributed by atoms with Crippen LogP contribution in [0, 0.1) is 11.7 Å². The molecule has 0 atom stereocenters. The van der Waals surface area contributed by atoms with E-state index in [0.29, 0.717) is 42.6 Å². The van der Waals surface area contributed by atoms with Gasteiger partial charge in [0.25, 0.3) is 5.91 Å². The van der Waals surface area contributed by atoms with Gasteiger partial charge in [-0.15, -0.1) is 0 Å². The van der Waals surface area contributed by atoms with Crippen molar-refractivity contribution in [2.45, 2.75) is 12.8 Å². The molecule has 1 aliphatic heterocycles. The Kier molecular flexibility index (Phi) is 7.19. The summed E-state index contributed by atoms with van der Waals surface area (Å²) in [5, 5.41) is 5.78. The first-order valence-electron chi connectivity index (χ1n) is 11.0. The Balaban J connectivity index is 1.19. The number of likely N-dealkylation sites (tertiary alicyclic amines) is 1. The van der Waals surface area contributed by atoms with E-state index in [1.54, 1.807) is 29.2 Å². The van der Waals surface area contributed by atoms with Crippen molar-refractivity contribution in [3.63, 3.8) is 0 Å². The fourth-order valence-corrected chi connectivity index (χ4v) is 3.71. The summed E-state index contributed by atoms with van der Waals surface area (Å²) in [6.07, 6.45) is 1.61. The highest BCUT2D eigenvalue weighted by molar-refractivity contribution is 5.94. The fraction of sp³-hybridized carbons (Fsp3) is 0.231. The summed E-state index contributed by atoms with van der Waals surface area (Å²) >= 11 is 0. The van der Waals surface area contributed by atoms with E-state index in [9.17, 15) is 14.0 Å². The Morgan fingerprint density at radius 2 is 1.52 bits per heavy atom. The lowest BCUT2D eigenvalue weighted by Gasteiger charge is -2.32. The third-order valence-corrected chi connectivity index (χ3v) is 5.64. The minimum absolute atomic E-state index is 0.127. The number of carbonyl (C=O) groups is 2. The molecular formula is C26H26FN3O3. The number of anilines is 1. The summed E-state index contributed by atoms with van der Waals surface area (Å²) in [5.41, 5.74) is 1.14. The second-order valence-corrected chi connectivity index (χ2v) is 8.02. The van der Waals surface area contributed by atoms with E-state index in [2.05, 4.69) is 10.6 Å². The average molecular weight is 448 g/mol. The Labute approximate surface area is 192 Å². The Morgan fingerprint density at radius 1 is 0.879 bits per heavy atom. The molecule has 0 aromatic heterocycles. The van der Waals surface area contributed by atoms with Crippen molar-refractivity contribution in [1.29, 1.82) is 0 Å². The highest BCUT2D eigenvalue weighted by Gasteiger charge is 2.23. The zero-order valence-corrected chi connectivity index (χ0v) is 18.2. The molecule has 7 heteroatoms. The van der Waals surface area contributed by atoms with Gasteiger partial charge in [-0.05, 0) is 79.4 Å². The lowest BCUT2D eigenvalue weighted by Crippen LogP contribution is -2.43. The van der Waals surface area contributed by atoms with E-state index in [0.717, 1.165) is 18.6 Å². The number of urea groups is 1. The molecule has 6 nitrogen and oxygen atoms in total. The SMILES string of the molecule is O=C(NCC1CCN(C(=O)Nc2ccc(F)cc2)CC1)c1ccc(Oc2ccccc2)cc1. The van der Waals surface area contributed by atoms with Crippen molar-refractivity contribution >= 4 is 17.6 Å². The predicted molar refractivity (Wildman–Crippen MR) is 125 cm³/mol. The van der Waals surface area contributed by atoms with E-state index >= 15 is 0 Å². The van der Waals surface area contributed by atoms with Crippen LogP contribution in [0.1, 0.15) is 23.2 Å². The number of rotatable bonds is 6. The van der Waals surface area contributed by atoms with Crippen molar-refractivity contribution < 1.29 is 18.7 Å². The number of hydrogen-bond donors (Lipinski definition) is 2. The first kappa shape index (κ1) is 22.3. The van der Waals surface area contributed by atoms with Gasteiger partial charge in [0.05, 0.1) is 0 Å². The molecule has 0 bridgehead atoms. The number of ether oxygens (including phenoxy) is 1. The zero-order valence-electron chi connectivity index (χ0n) is 18.2. The van der Waals surface area contributed by atoms with Gasteiger partial charge in [0, 0.05) is 30.9 Å². The van der Waals surface area contributed by atoms with Crippen molar-refractivity contribution in [3.8, 4) is 11.5 Å². The van der Waals surface area contributed by atoms with Gasteiger partial charge < -0.3 is 20.3 Å². The Hall–Kier alpha value is -3.87. The maximum atomic E-state index is 13.0. The number of nitrogens with one attached hydrogen (secondary N) is 2. The topological polar surface area (TPSA) is 70.7 Å². The zero-order chi connectivity index (χ0) is 23.0. The molecule has 0 aliphatic carbocycles. The number of para-hydroxylation sites is 1. The molecule has 170 valence electrons. The first-order valence-corrected chi connectivity index (χ1v) is 11.0. The van der Waals surface area contributed by atoms with Gasteiger partial charge in [0.1, 0.15) is 17.3 Å². The number of amides is 3. The number of benzene rings is 3. The minimum Gasteiger partial charge on any atom is -0.457 e. The minimum atomic E-state index is -0.340. The maximum Gasteiger partial charge on any atom is 0.321 e. The van der Waals surface area contributed by atoms with Crippen molar-refractivity contribution in [1.82, 2.24) is 10.2 Å². The lowest BCUT2D eigenvalue weighted by atomic mass is 9.97. The van der Waals surface area contributed by atoms with E-state index in [-0.39, 0.29) is 17.8 Å². The molecule has 3 aromatic rings. The third kappa shape index (κ3) is 6.32. The smallest absolute Gasteiger partial charge is 0.321 e. The summed E-state index contributed by atoms with van der Waals surface area (Å²) in [5.74, 6) is 1.26. The lowest BCUT2D eigenvalue weighted by molar-refractivity contribution is 0.0938. The van der Waals surface area contributed by atoms with Crippen LogP contribution >= 0.6 is 0 Å². The Bertz CT molecular complexity index is 1060. The fourth-order valence-electron chi connectivity index (χ4n) is 3.71. The molecule has 1 aliphatic rings. The molecule has 2 N–H and O–H groups in total. The van der Waals surface area contributed by atoms with Gasteiger partial charge in [0.2, 0.25) is 0 Å². The molecule has 4 rings (SSSR count). The first-order chi connectivity index (χ1) is 16.1. The molecule has 1 fully saturated rings. The number of hydrogen-bond acceptors (Lipinski definition) is 3. The summed E-state index contributed by atoms with van der Waals surface area (Å²) in [6.45, 7) is 1.78. The largest absolute Gasteiger partial charge is 0.457 e. The summed E-state index contributed by atoms with van der Waals surface area (Å²) in [6, 6.07) is 22.0. The van der Waals surface area contributed by atoms with Crippen molar-refractivity contribution in [2.75, 3.05) is 25.0 Å². The molecule has 33 heavy (non-hydrogen) atoms. The van der Waals surface area contributed by atoms with Crippen LogP contribution in [-0.4, -0.2) is 36.5 Å². The summed E-state index contributed by atoms with van der Waals surface area (Å²) in [4.78, 5) is 26.6. The maximum absolute atomic E-state index is 13.0. The molecule has 0 unspecified atom stereocenters. The van der Waals surface area contributed by atoms with Gasteiger partial charge in [-0.3, -0.25) is 4.79 Å². The van der Waals surface area contributed by atoms with Crippen molar-refractivity contribution in [3.05, 3.63) is 90.2 Å². The van der Waals surface area contributed by atoms with Crippen molar-refractivity contribution in [2.24, 2.45) is 5.92 Å². The van der Waals surface area contributed by atoms with Crippen LogP contribution in [0.2, 0.25) is 0 Å². The highest BCUT2D eigenvalue weighted by atomic mass is 19.1. The average Bonchev–Trinajstić information content (AvgIpc) is 2.85. The number of carbonyl (C=O) groups excluding carboxylic acids is 2. The van der Waals surface area contributed by atoms with Gasteiger partial charge in [-0.25, -0.2) is 9.18 Å². The molecule has 1 saturated heterocycles. The van der Waals surface area contributed by atoms with Crippen LogP contribution in [0.3, 0.4) is 0 Å². The van der Waals surface area contributed by atoms with Gasteiger partial charge in [-0.1, -0.05) is 18.2 Å². The normalized spacial score (nSPS) is 13.9. The van der Waals surface area contributed by atoms with Crippen LogP contribution in [0.25, 0.3) is 0 Å². The molecule has 3 amide bonds. The second kappa shape index (κ2) is 10.6. The van der Waals surface area contributed by atoms with E-state index < -0.39 is 0 Å². The van der Waals surface area contributed by atoms with Crippen LogP contribution in [0.4, 0.5) is 14.9 Å². The molecule has 0 radical (unpaired) electrons. The molecule has 1 heterocycles. The van der Waals surface area contributed by atoms with Gasteiger partial charge >= 0.3 is 6.03 Å².